The molecule has 39 heavy (non-hydrogen) atoms. The van der Waals surface area contributed by atoms with Crippen molar-refractivity contribution in [1.82, 2.24) is 25.4 Å². The van der Waals surface area contributed by atoms with E-state index in [-0.39, 0.29) is 42.2 Å². The number of aryl methyl sites for hydroxylation is 2. The van der Waals surface area contributed by atoms with Crippen LogP contribution < -0.4 is 15.4 Å². The smallest absolute Gasteiger partial charge is 0.291 e. The van der Waals surface area contributed by atoms with Crippen molar-refractivity contribution in [1.29, 1.82) is 0 Å². The number of rotatable bonds is 5. The van der Waals surface area contributed by atoms with Crippen molar-refractivity contribution < 1.29 is 28.3 Å². The predicted molar refractivity (Wildman–Crippen MR) is 144 cm³/mol. The first kappa shape index (κ1) is 29.7. The van der Waals surface area contributed by atoms with Crippen LogP contribution in [0.2, 0.25) is 0 Å². The molecule has 11 heteroatoms. The van der Waals surface area contributed by atoms with E-state index in [2.05, 4.69) is 15.6 Å². The van der Waals surface area contributed by atoms with Crippen LogP contribution in [-0.4, -0.2) is 84.3 Å². The summed E-state index contributed by atoms with van der Waals surface area (Å²) in [7, 11) is 3.13. The molecular formula is C28H39N5O6. The normalized spacial score (nSPS) is 20.1. The number of hydrogen-bond donors (Lipinski definition) is 2. The fraction of sp³-hybridized carbons (Fsp3) is 0.536. The summed E-state index contributed by atoms with van der Waals surface area (Å²) in [4.78, 5) is 59.7. The third-order valence-corrected chi connectivity index (χ3v) is 6.90. The summed E-state index contributed by atoms with van der Waals surface area (Å²) in [6, 6.07) is 5.64. The summed E-state index contributed by atoms with van der Waals surface area (Å²) in [5, 5.41) is 5.70. The summed E-state index contributed by atoms with van der Waals surface area (Å²) in [5.74, 6) is 0.0947. The molecule has 1 fully saturated rings. The van der Waals surface area contributed by atoms with Gasteiger partial charge in [0.25, 0.3) is 5.91 Å². The highest BCUT2D eigenvalue weighted by Gasteiger charge is 2.30. The number of nitrogens with one attached hydrogen (secondary N) is 2. The molecule has 0 radical (unpaired) electrons. The Morgan fingerprint density at radius 2 is 1.85 bits per heavy atom. The van der Waals surface area contributed by atoms with E-state index in [1.54, 1.807) is 45.0 Å². The van der Waals surface area contributed by atoms with Crippen LogP contribution in [0.15, 0.2) is 28.7 Å². The molecule has 0 saturated carbocycles. The summed E-state index contributed by atoms with van der Waals surface area (Å²) >= 11 is 0. The van der Waals surface area contributed by atoms with Gasteiger partial charge in [-0.15, -0.1) is 0 Å². The van der Waals surface area contributed by atoms with Gasteiger partial charge in [-0.2, -0.15) is 0 Å². The van der Waals surface area contributed by atoms with Gasteiger partial charge in [-0.1, -0.05) is 19.1 Å². The standard InChI is InChI=1S/C28H39N5O6/c1-6-24-30-18(2)25(39-24)28(37)33-15-7-9-23(34)31-22(17-20-10-12-21(38-5)13-11-20)27(36)32(4)19(3)26(35)29-14-8-16-33/h10-13,19,22H,6-9,14-17H2,1-5H3,(H,29,35)(H,31,34)/t19-,22-/m0/s1. The van der Waals surface area contributed by atoms with Crippen LogP contribution >= 0.6 is 0 Å². The zero-order valence-corrected chi connectivity index (χ0v) is 23.4. The number of hydrogen-bond acceptors (Lipinski definition) is 7. The Labute approximate surface area is 229 Å². The second-order valence-electron chi connectivity index (χ2n) is 9.71. The van der Waals surface area contributed by atoms with Crippen LogP contribution in [0, 0.1) is 6.92 Å². The van der Waals surface area contributed by atoms with E-state index in [1.807, 2.05) is 19.1 Å². The minimum Gasteiger partial charge on any atom is -0.497 e. The van der Waals surface area contributed by atoms with Crippen LogP contribution in [0.3, 0.4) is 0 Å². The second kappa shape index (κ2) is 13.8. The van der Waals surface area contributed by atoms with Gasteiger partial charge in [-0.25, -0.2) is 4.98 Å². The van der Waals surface area contributed by atoms with Crippen LogP contribution in [0.1, 0.15) is 60.8 Å². The molecule has 212 valence electrons. The predicted octanol–water partition coefficient (Wildman–Crippen LogP) is 1.87. The number of benzene rings is 1. The van der Waals surface area contributed by atoms with Crippen molar-refractivity contribution >= 4 is 23.6 Å². The molecular weight excluding hydrogens is 502 g/mol. The van der Waals surface area contributed by atoms with Crippen molar-refractivity contribution in [3.05, 3.63) is 47.2 Å². The number of oxazole rings is 1. The highest BCUT2D eigenvalue weighted by atomic mass is 16.5. The summed E-state index contributed by atoms with van der Waals surface area (Å²) in [6.07, 6.45) is 1.85. The Bertz CT molecular complexity index is 1160. The van der Waals surface area contributed by atoms with Gasteiger partial charge in [0.15, 0.2) is 5.89 Å². The van der Waals surface area contributed by atoms with Crippen molar-refractivity contribution in [3.8, 4) is 5.75 Å². The van der Waals surface area contributed by atoms with Gasteiger partial charge in [0.2, 0.25) is 23.5 Å². The van der Waals surface area contributed by atoms with Gasteiger partial charge in [-0.3, -0.25) is 19.2 Å². The van der Waals surface area contributed by atoms with E-state index in [9.17, 15) is 19.2 Å². The van der Waals surface area contributed by atoms with Gasteiger partial charge in [-0.05, 0) is 44.4 Å². The van der Waals surface area contributed by atoms with Crippen molar-refractivity contribution in [2.24, 2.45) is 0 Å². The molecule has 1 saturated heterocycles. The van der Waals surface area contributed by atoms with Crippen LogP contribution in [0.4, 0.5) is 0 Å². The van der Waals surface area contributed by atoms with E-state index < -0.39 is 12.1 Å². The number of methoxy groups -OCH3 is 1. The molecule has 2 atom stereocenters. The Balaban J connectivity index is 1.79. The largest absolute Gasteiger partial charge is 0.497 e. The number of aromatic nitrogens is 1. The molecule has 3 rings (SSSR count). The lowest BCUT2D eigenvalue weighted by Gasteiger charge is -2.29. The Hall–Kier alpha value is -3.89. The fourth-order valence-corrected chi connectivity index (χ4v) is 4.40. The molecule has 0 spiro atoms. The van der Waals surface area contributed by atoms with Gasteiger partial charge in [0.1, 0.15) is 17.8 Å². The highest BCUT2D eigenvalue weighted by molar-refractivity contribution is 5.93. The number of nitrogens with zero attached hydrogens (tertiary/aromatic N) is 3. The minimum absolute atomic E-state index is 0.127. The molecule has 2 aromatic rings. The second-order valence-corrected chi connectivity index (χ2v) is 9.71. The summed E-state index contributed by atoms with van der Waals surface area (Å²) in [6.45, 7) is 6.29. The van der Waals surface area contributed by atoms with Crippen LogP contribution in [0.5, 0.6) is 5.75 Å². The topological polar surface area (TPSA) is 134 Å². The molecule has 0 aliphatic carbocycles. The van der Waals surface area contributed by atoms with Gasteiger partial charge >= 0.3 is 0 Å². The number of carbonyl (C=O) groups excluding carboxylic acids is 4. The van der Waals surface area contributed by atoms with Gasteiger partial charge in [0, 0.05) is 45.9 Å². The molecule has 1 aliphatic heterocycles. The first-order valence-corrected chi connectivity index (χ1v) is 13.4. The number of carbonyl (C=O) groups is 4. The Morgan fingerprint density at radius 3 is 2.49 bits per heavy atom. The average Bonchev–Trinajstić information content (AvgIpc) is 3.32. The lowest BCUT2D eigenvalue weighted by Crippen LogP contribution is -2.54. The quantitative estimate of drug-likeness (QED) is 0.590. The maximum absolute atomic E-state index is 13.4. The summed E-state index contributed by atoms with van der Waals surface area (Å²) in [5.41, 5.74) is 1.36. The Kier molecular flexibility index (Phi) is 10.5. The maximum atomic E-state index is 13.4. The van der Waals surface area contributed by atoms with Crippen molar-refractivity contribution in [2.75, 3.05) is 33.8 Å². The monoisotopic (exact) mass is 541 g/mol. The Morgan fingerprint density at radius 1 is 1.15 bits per heavy atom. The molecule has 4 amide bonds. The molecule has 2 heterocycles. The summed E-state index contributed by atoms with van der Waals surface area (Å²) < 4.78 is 10.9. The fourth-order valence-electron chi connectivity index (χ4n) is 4.40. The van der Waals surface area contributed by atoms with Gasteiger partial charge in [0.05, 0.1) is 12.8 Å². The zero-order chi connectivity index (χ0) is 28.5. The zero-order valence-electron chi connectivity index (χ0n) is 23.4. The molecule has 1 aliphatic rings. The van der Waals surface area contributed by atoms with E-state index in [0.29, 0.717) is 56.2 Å². The highest BCUT2D eigenvalue weighted by Crippen LogP contribution is 2.16. The average molecular weight is 542 g/mol. The lowest BCUT2D eigenvalue weighted by molar-refractivity contribution is -0.141. The molecule has 0 bridgehead atoms. The third-order valence-electron chi connectivity index (χ3n) is 6.90. The maximum Gasteiger partial charge on any atom is 0.291 e. The van der Waals surface area contributed by atoms with Crippen molar-refractivity contribution in [3.63, 3.8) is 0 Å². The molecule has 1 aromatic carbocycles. The SMILES string of the molecule is CCc1nc(C)c(C(=O)N2CCCNC(=O)[C@H](C)N(C)C(=O)[C@H](Cc3ccc(OC)cc3)NC(=O)CCC2)o1. The first-order chi connectivity index (χ1) is 18.6. The number of amides is 4. The van der Waals surface area contributed by atoms with Crippen LogP contribution in [0.25, 0.3) is 0 Å². The van der Waals surface area contributed by atoms with E-state index >= 15 is 0 Å². The van der Waals surface area contributed by atoms with Crippen molar-refractivity contribution in [2.45, 2.75) is 65.0 Å². The molecule has 2 N–H and O–H groups in total. The molecule has 1 aromatic heterocycles. The van der Waals surface area contributed by atoms with Crippen LogP contribution in [-0.2, 0) is 27.2 Å². The molecule has 0 unspecified atom stereocenters. The third kappa shape index (κ3) is 7.81. The first-order valence-electron chi connectivity index (χ1n) is 13.4. The molecule has 11 nitrogen and oxygen atoms in total. The van der Waals surface area contributed by atoms with E-state index in [0.717, 1.165) is 5.56 Å². The van der Waals surface area contributed by atoms with Gasteiger partial charge < -0.3 is 29.6 Å². The number of ether oxygens (including phenoxy) is 1. The minimum atomic E-state index is -0.863. The lowest BCUT2D eigenvalue weighted by atomic mass is 10.0. The van der Waals surface area contributed by atoms with E-state index in [1.165, 1.54) is 4.90 Å². The number of likely N-dealkylation sites (N-methyl/N-ethyl adjacent to an activating group) is 1. The van der Waals surface area contributed by atoms with E-state index in [4.69, 9.17) is 9.15 Å².